The van der Waals surface area contributed by atoms with E-state index in [4.69, 9.17) is 10.5 Å². The van der Waals surface area contributed by atoms with Crippen molar-refractivity contribution in [2.45, 2.75) is 26.5 Å². The number of nitrogens with two attached hydrogens (primary N) is 1. The Kier molecular flexibility index (Phi) is 3.33. The number of aryl methyl sites for hydroxylation is 1. The van der Waals surface area contributed by atoms with Crippen molar-refractivity contribution in [1.82, 2.24) is 9.97 Å². The minimum atomic E-state index is -0.0170. The number of rotatable bonds is 3. The van der Waals surface area contributed by atoms with Gasteiger partial charge in [-0.3, -0.25) is 0 Å². The lowest BCUT2D eigenvalue weighted by Gasteiger charge is -2.08. The molecule has 2 N–H and O–H groups in total. The predicted molar refractivity (Wildman–Crippen MR) is 50.1 cm³/mol. The summed E-state index contributed by atoms with van der Waals surface area (Å²) in [7, 11) is 1.62. The molecule has 1 aromatic heterocycles. The molecule has 13 heavy (non-hydrogen) atoms. The van der Waals surface area contributed by atoms with E-state index in [1.807, 2.05) is 13.8 Å². The number of aromatic nitrogens is 2. The number of nitrogens with zero attached hydrogens (tertiary/aromatic N) is 2. The van der Waals surface area contributed by atoms with Crippen LogP contribution in [0.3, 0.4) is 0 Å². The zero-order chi connectivity index (χ0) is 9.84. The van der Waals surface area contributed by atoms with Crippen LogP contribution in [-0.2, 0) is 11.3 Å². The Morgan fingerprint density at radius 1 is 1.62 bits per heavy atom. The molecule has 0 fully saturated rings. The first kappa shape index (κ1) is 10.1. The van der Waals surface area contributed by atoms with E-state index in [0.717, 1.165) is 11.3 Å². The Hall–Kier alpha value is -1.00. The molecule has 0 amide bonds. The van der Waals surface area contributed by atoms with Crippen molar-refractivity contribution in [2.24, 2.45) is 5.73 Å². The number of hydrogen-bond acceptors (Lipinski definition) is 4. The van der Waals surface area contributed by atoms with E-state index in [-0.39, 0.29) is 6.04 Å². The standard InChI is InChI=1S/C9H15N3O/c1-6(10)8-4-11-9(5-13-3)12-7(8)2/h4,6H,5,10H2,1-3H3. The molecule has 0 aromatic carbocycles. The van der Waals surface area contributed by atoms with E-state index in [2.05, 4.69) is 9.97 Å². The monoisotopic (exact) mass is 181 g/mol. The van der Waals surface area contributed by atoms with E-state index in [1.165, 1.54) is 0 Å². The van der Waals surface area contributed by atoms with Crippen LogP contribution >= 0.6 is 0 Å². The molecule has 0 radical (unpaired) electrons. The van der Waals surface area contributed by atoms with Crippen molar-refractivity contribution >= 4 is 0 Å². The lowest BCUT2D eigenvalue weighted by Crippen LogP contribution is -2.10. The SMILES string of the molecule is COCc1ncc(C(C)N)c(C)n1. The van der Waals surface area contributed by atoms with Crippen LogP contribution in [0.5, 0.6) is 0 Å². The van der Waals surface area contributed by atoms with E-state index in [0.29, 0.717) is 12.4 Å². The third-order valence-corrected chi connectivity index (χ3v) is 1.83. The summed E-state index contributed by atoms with van der Waals surface area (Å²) in [6, 6.07) is -0.0170. The summed E-state index contributed by atoms with van der Waals surface area (Å²) in [4.78, 5) is 8.40. The number of methoxy groups -OCH3 is 1. The zero-order valence-corrected chi connectivity index (χ0v) is 8.24. The third kappa shape index (κ3) is 2.47. The Bertz CT molecular complexity index is 286. The lowest BCUT2D eigenvalue weighted by atomic mass is 10.1. The number of hydrogen-bond donors (Lipinski definition) is 1. The minimum absolute atomic E-state index is 0.0170. The van der Waals surface area contributed by atoms with Gasteiger partial charge in [0.1, 0.15) is 6.61 Å². The zero-order valence-electron chi connectivity index (χ0n) is 8.24. The largest absolute Gasteiger partial charge is 0.377 e. The maximum absolute atomic E-state index is 5.73. The predicted octanol–water partition coefficient (Wildman–Crippen LogP) is 0.951. The fraction of sp³-hybridized carbons (Fsp3) is 0.556. The summed E-state index contributed by atoms with van der Waals surface area (Å²) >= 11 is 0. The molecule has 0 aliphatic heterocycles. The molecule has 0 spiro atoms. The summed E-state index contributed by atoms with van der Waals surface area (Å²) in [5.74, 6) is 0.699. The smallest absolute Gasteiger partial charge is 0.154 e. The van der Waals surface area contributed by atoms with Gasteiger partial charge in [-0.15, -0.1) is 0 Å². The van der Waals surface area contributed by atoms with E-state index >= 15 is 0 Å². The second-order valence-corrected chi connectivity index (χ2v) is 3.05. The van der Waals surface area contributed by atoms with Gasteiger partial charge < -0.3 is 10.5 Å². The molecule has 0 saturated heterocycles. The first-order valence-electron chi connectivity index (χ1n) is 4.22. The molecule has 1 rings (SSSR count). The molecule has 1 aromatic rings. The fourth-order valence-electron chi connectivity index (χ4n) is 1.17. The van der Waals surface area contributed by atoms with E-state index in [9.17, 15) is 0 Å². The average molecular weight is 181 g/mol. The van der Waals surface area contributed by atoms with Crippen LogP contribution in [0.1, 0.15) is 30.0 Å². The summed E-state index contributed by atoms with van der Waals surface area (Å²) in [6.07, 6.45) is 1.77. The Labute approximate surface area is 78.1 Å². The van der Waals surface area contributed by atoms with Crippen molar-refractivity contribution in [3.05, 3.63) is 23.3 Å². The van der Waals surface area contributed by atoms with Crippen LogP contribution in [0.25, 0.3) is 0 Å². The number of ether oxygens (including phenoxy) is 1. The van der Waals surface area contributed by atoms with Gasteiger partial charge in [-0.05, 0) is 13.8 Å². The molecule has 1 heterocycles. The molecule has 1 atom stereocenters. The maximum atomic E-state index is 5.73. The molecule has 0 bridgehead atoms. The Morgan fingerprint density at radius 3 is 2.77 bits per heavy atom. The highest BCUT2D eigenvalue weighted by atomic mass is 16.5. The minimum Gasteiger partial charge on any atom is -0.377 e. The summed E-state index contributed by atoms with van der Waals surface area (Å²) < 4.78 is 4.93. The van der Waals surface area contributed by atoms with Gasteiger partial charge in [0.2, 0.25) is 0 Å². The molecule has 1 unspecified atom stereocenters. The van der Waals surface area contributed by atoms with Gasteiger partial charge in [-0.2, -0.15) is 0 Å². The van der Waals surface area contributed by atoms with Crippen molar-refractivity contribution in [2.75, 3.05) is 7.11 Å². The van der Waals surface area contributed by atoms with Crippen molar-refractivity contribution < 1.29 is 4.74 Å². The molecular weight excluding hydrogens is 166 g/mol. The second-order valence-electron chi connectivity index (χ2n) is 3.05. The third-order valence-electron chi connectivity index (χ3n) is 1.83. The fourth-order valence-corrected chi connectivity index (χ4v) is 1.17. The maximum Gasteiger partial charge on any atom is 0.154 e. The Balaban J connectivity index is 2.92. The lowest BCUT2D eigenvalue weighted by molar-refractivity contribution is 0.177. The Morgan fingerprint density at radius 2 is 2.31 bits per heavy atom. The van der Waals surface area contributed by atoms with Gasteiger partial charge in [0.25, 0.3) is 0 Å². The molecule has 4 heteroatoms. The van der Waals surface area contributed by atoms with E-state index < -0.39 is 0 Å². The van der Waals surface area contributed by atoms with Crippen LogP contribution < -0.4 is 5.73 Å². The summed E-state index contributed by atoms with van der Waals surface area (Å²) in [5.41, 5.74) is 7.64. The molecule has 0 saturated carbocycles. The van der Waals surface area contributed by atoms with Crippen LogP contribution in [0.4, 0.5) is 0 Å². The first-order chi connectivity index (χ1) is 6.15. The first-order valence-corrected chi connectivity index (χ1v) is 4.22. The van der Waals surface area contributed by atoms with Crippen molar-refractivity contribution in [3.63, 3.8) is 0 Å². The molecular formula is C9H15N3O. The van der Waals surface area contributed by atoms with Crippen LogP contribution in [0.2, 0.25) is 0 Å². The second kappa shape index (κ2) is 4.30. The quantitative estimate of drug-likeness (QED) is 0.754. The highest BCUT2D eigenvalue weighted by Gasteiger charge is 2.06. The van der Waals surface area contributed by atoms with Crippen molar-refractivity contribution in [3.8, 4) is 0 Å². The van der Waals surface area contributed by atoms with Crippen LogP contribution in [-0.4, -0.2) is 17.1 Å². The van der Waals surface area contributed by atoms with Crippen molar-refractivity contribution in [1.29, 1.82) is 0 Å². The van der Waals surface area contributed by atoms with Gasteiger partial charge >= 0.3 is 0 Å². The summed E-state index contributed by atoms with van der Waals surface area (Å²) in [6.45, 7) is 4.29. The summed E-state index contributed by atoms with van der Waals surface area (Å²) in [5, 5.41) is 0. The topological polar surface area (TPSA) is 61.0 Å². The average Bonchev–Trinajstić information content (AvgIpc) is 2.04. The highest BCUT2D eigenvalue weighted by molar-refractivity contribution is 5.19. The van der Waals surface area contributed by atoms with E-state index in [1.54, 1.807) is 13.3 Å². The van der Waals surface area contributed by atoms with Crippen LogP contribution in [0, 0.1) is 6.92 Å². The van der Waals surface area contributed by atoms with Gasteiger partial charge in [0, 0.05) is 30.6 Å². The molecule has 0 aliphatic rings. The van der Waals surface area contributed by atoms with Gasteiger partial charge in [-0.25, -0.2) is 9.97 Å². The highest BCUT2D eigenvalue weighted by Crippen LogP contribution is 2.11. The normalized spacial score (nSPS) is 12.9. The molecule has 4 nitrogen and oxygen atoms in total. The van der Waals surface area contributed by atoms with Gasteiger partial charge in [0.05, 0.1) is 0 Å². The molecule has 0 aliphatic carbocycles. The van der Waals surface area contributed by atoms with Gasteiger partial charge in [0.15, 0.2) is 5.82 Å². The van der Waals surface area contributed by atoms with Crippen LogP contribution in [0.15, 0.2) is 6.20 Å². The van der Waals surface area contributed by atoms with Gasteiger partial charge in [-0.1, -0.05) is 0 Å². The molecule has 72 valence electrons.